The smallest absolute Gasteiger partial charge is 0.182 e. The van der Waals surface area contributed by atoms with Crippen LogP contribution in [0.5, 0.6) is 0 Å². The SMILES string of the molecule is Cc1cccc(C)c1N=C1NN=C(c2cc(C)n(C3CCS(=O)(=O)C3)c2C)CS1. The van der Waals surface area contributed by atoms with Crippen LogP contribution in [0.25, 0.3) is 0 Å². The summed E-state index contributed by atoms with van der Waals surface area (Å²) in [4.78, 5) is 4.76. The standard InChI is InChI=1S/C21H26N4O2S2/c1-13-6-5-7-14(2)20(13)22-21-24-23-19(11-28-21)18-10-15(3)25(16(18)4)17-8-9-29(26,27)12-17/h5-7,10,17H,8-9,11-12H2,1-4H3,(H,22,24). The summed E-state index contributed by atoms with van der Waals surface area (Å²) in [6, 6.07) is 8.31. The van der Waals surface area contributed by atoms with Crippen molar-refractivity contribution in [1.29, 1.82) is 0 Å². The molecule has 3 heterocycles. The second-order valence-electron chi connectivity index (χ2n) is 7.83. The lowest BCUT2D eigenvalue weighted by Crippen LogP contribution is -2.25. The van der Waals surface area contributed by atoms with E-state index in [2.05, 4.69) is 54.1 Å². The van der Waals surface area contributed by atoms with E-state index >= 15 is 0 Å². The van der Waals surface area contributed by atoms with Gasteiger partial charge in [0, 0.05) is 28.7 Å². The Morgan fingerprint density at radius 1 is 1.21 bits per heavy atom. The number of para-hydroxylation sites is 1. The van der Waals surface area contributed by atoms with Crippen molar-refractivity contribution in [3.63, 3.8) is 0 Å². The molecule has 6 nitrogen and oxygen atoms in total. The summed E-state index contributed by atoms with van der Waals surface area (Å²) < 4.78 is 26.0. The third kappa shape index (κ3) is 4.00. The van der Waals surface area contributed by atoms with E-state index in [0.29, 0.717) is 6.42 Å². The van der Waals surface area contributed by atoms with Crippen LogP contribution in [-0.4, -0.2) is 41.1 Å². The number of aromatic nitrogens is 1. The Balaban J connectivity index is 1.58. The molecule has 2 aliphatic heterocycles. The maximum absolute atomic E-state index is 11.9. The molecule has 1 aromatic carbocycles. The number of amidine groups is 1. The number of rotatable bonds is 3. The third-order valence-electron chi connectivity index (χ3n) is 5.65. The highest BCUT2D eigenvalue weighted by atomic mass is 32.2. The van der Waals surface area contributed by atoms with Gasteiger partial charge in [-0.1, -0.05) is 30.0 Å². The Morgan fingerprint density at radius 3 is 2.52 bits per heavy atom. The van der Waals surface area contributed by atoms with Crippen molar-refractivity contribution >= 4 is 38.2 Å². The maximum atomic E-state index is 11.9. The molecule has 154 valence electrons. The number of aryl methyl sites for hydroxylation is 3. The first-order valence-corrected chi connectivity index (χ1v) is 12.6. The van der Waals surface area contributed by atoms with Crippen LogP contribution < -0.4 is 5.43 Å². The van der Waals surface area contributed by atoms with Gasteiger partial charge in [0.1, 0.15) is 0 Å². The molecule has 1 atom stereocenters. The molecule has 1 saturated heterocycles. The fourth-order valence-electron chi connectivity index (χ4n) is 4.21. The van der Waals surface area contributed by atoms with Crippen molar-refractivity contribution in [2.75, 3.05) is 17.3 Å². The summed E-state index contributed by atoms with van der Waals surface area (Å²) in [7, 11) is -2.92. The van der Waals surface area contributed by atoms with Crippen LogP contribution in [0, 0.1) is 27.7 Å². The van der Waals surface area contributed by atoms with Crippen LogP contribution in [0.2, 0.25) is 0 Å². The number of nitrogens with zero attached hydrogens (tertiary/aromatic N) is 3. The number of hydrazone groups is 1. The van der Waals surface area contributed by atoms with Crippen LogP contribution in [0.15, 0.2) is 34.4 Å². The lowest BCUT2D eigenvalue weighted by Gasteiger charge is -2.18. The average molecular weight is 431 g/mol. The van der Waals surface area contributed by atoms with Gasteiger partial charge in [-0.05, 0) is 51.3 Å². The molecule has 0 spiro atoms. The van der Waals surface area contributed by atoms with Gasteiger partial charge in [-0.15, -0.1) is 0 Å². The third-order valence-corrected chi connectivity index (χ3v) is 8.28. The summed E-state index contributed by atoms with van der Waals surface area (Å²) in [5.74, 6) is 1.24. The fourth-order valence-corrected chi connectivity index (χ4v) is 6.66. The molecule has 1 fully saturated rings. The van der Waals surface area contributed by atoms with Gasteiger partial charge in [0.25, 0.3) is 0 Å². The molecule has 0 bridgehead atoms. The van der Waals surface area contributed by atoms with Crippen LogP contribution in [0.3, 0.4) is 0 Å². The van der Waals surface area contributed by atoms with E-state index in [1.54, 1.807) is 11.8 Å². The molecule has 29 heavy (non-hydrogen) atoms. The van der Waals surface area contributed by atoms with Crippen LogP contribution >= 0.6 is 11.8 Å². The van der Waals surface area contributed by atoms with Gasteiger partial charge >= 0.3 is 0 Å². The number of nitrogens with one attached hydrogen (secondary N) is 1. The molecule has 0 amide bonds. The second-order valence-corrected chi connectivity index (χ2v) is 11.0. The number of benzene rings is 1. The minimum atomic E-state index is -2.92. The summed E-state index contributed by atoms with van der Waals surface area (Å²) in [6.45, 7) is 8.22. The average Bonchev–Trinajstić information content (AvgIpc) is 3.17. The molecule has 4 rings (SSSR count). The van der Waals surface area contributed by atoms with Gasteiger partial charge in [0.05, 0.1) is 22.9 Å². The topological polar surface area (TPSA) is 75.8 Å². The predicted molar refractivity (Wildman–Crippen MR) is 121 cm³/mol. The van der Waals surface area contributed by atoms with Gasteiger partial charge in [0.15, 0.2) is 15.0 Å². The number of aliphatic imine (C=N–C) groups is 1. The summed E-state index contributed by atoms with van der Waals surface area (Å²) >= 11 is 1.64. The predicted octanol–water partition coefficient (Wildman–Crippen LogP) is 3.81. The number of hydrogen-bond donors (Lipinski definition) is 1. The minimum Gasteiger partial charge on any atom is -0.344 e. The van der Waals surface area contributed by atoms with E-state index in [9.17, 15) is 8.42 Å². The second kappa shape index (κ2) is 7.65. The monoisotopic (exact) mass is 430 g/mol. The first-order valence-electron chi connectivity index (χ1n) is 9.74. The zero-order chi connectivity index (χ0) is 20.8. The van der Waals surface area contributed by atoms with Crippen LogP contribution in [-0.2, 0) is 9.84 Å². The molecular weight excluding hydrogens is 404 g/mol. The Labute approximate surface area is 176 Å². The van der Waals surface area contributed by atoms with Crippen molar-refractivity contribution in [1.82, 2.24) is 9.99 Å². The molecule has 0 saturated carbocycles. The molecule has 1 N–H and O–H groups in total. The molecule has 1 unspecified atom stereocenters. The number of thioether (sulfide) groups is 1. The lowest BCUT2D eigenvalue weighted by atomic mass is 10.1. The fraction of sp³-hybridized carbons (Fsp3) is 0.429. The normalized spacial score (nSPS) is 22.6. The number of hydrogen-bond acceptors (Lipinski definition) is 5. The van der Waals surface area contributed by atoms with Gasteiger partial charge < -0.3 is 4.57 Å². The first kappa shape index (κ1) is 20.2. The Bertz CT molecular complexity index is 1110. The van der Waals surface area contributed by atoms with Crippen LogP contribution in [0.4, 0.5) is 5.69 Å². The van der Waals surface area contributed by atoms with Gasteiger partial charge in [-0.25, -0.2) is 13.4 Å². The molecule has 8 heteroatoms. The van der Waals surface area contributed by atoms with E-state index in [1.165, 1.54) is 0 Å². The van der Waals surface area contributed by atoms with E-state index in [-0.39, 0.29) is 17.5 Å². The molecule has 0 aliphatic carbocycles. The lowest BCUT2D eigenvalue weighted by molar-refractivity contribution is 0.535. The Kier molecular flexibility index (Phi) is 5.33. The largest absolute Gasteiger partial charge is 0.344 e. The van der Waals surface area contributed by atoms with Gasteiger partial charge in [-0.2, -0.15) is 5.10 Å². The minimum absolute atomic E-state index is 0.0275. The zero-order valence-corrected chi connectivity index (χ0v) is 18.8. The molecule has 1 aromatic heterocycles. The first-order chi connectivity index (χ1) is 13.7. The number of sulfone groups is 1. The van der Waals surface area contributed by atoms with Crippen molar-refractivity contribution in [3.05, 3.63) is 52.3 Å². The van der Waals surface area contributed by atoms with E-state index in [0.717, 1.165) is 50.4 Å². The quantitative estimate of drug-likeness (QED) is 0.803. The van der Waals surface area contributed by atoms with Crippen LogP contribution in [0.1, 0.15) is 40.5 Å². The molecule has 0 radical (unpaired) electrons. The van der Waals surface area contributed by atoms with Crippen molar-refractivity contribution in [3.8, 4) is 0 Å². The Morgan fingerprint density at radius 2 is 1.93 bits per heavy atom. The van der Waals surface area contributed by atoms with E-state index in [4.69, 9.17) is 4.99 Å². The van der Waals surface area contributed by atoms with E-state index < -0.39 is 9.84 Å². The highest BCUT2D eigenvalue weighted by molar-refractivity contribution is 8.14. The highest BCUT2D eigenvalue weighted by Crippen LogP contribution is 2.31. The summed E-state index contributed by atoms with van der Waals surface area (Å²) in [5.41, 5.74) is 10.6. The van der Waals surface area contributed by atoms with E-state index in [1.807, 2.05) is 13.0 Å². The summed E-state index contributed by atoms with van der Waals surface area (Å²) in [5, 5.41) is 5.38. The Hall–Kier alpha value is -2.06. The van der Waals surface area contributed by atoms with Gasteiger partial charge in [-0.3, -0.25) is 5.43 Å². The van der Waals surface area contributed by atoms with Crippen molar-refractivity contribution in [2.24, 2.45) is 10.1 Å². The molecular formula is C21H26N4O2S2. The maximum Gasteiger partial charge on any atom is 0.182 e. The summed E-state index contributed by atoms with van der Waals surface area (Å²) in [6.07, 6.45) is 0.685. The van der Waals surface area contributed by atoms with Crippen molar-refractivity contribution < 1.29 is 8.42 Å². The molecule has 2 aromatic rings. The molecule has 2 aliphatic rings. The van der Waals surface area contributed by atoms with Gasteiger partial charge in [0.2, 0.25) is 0 Å². The zero-order valence-electron chi connectivity index (χ0n) is 17.2. The van der Waals surface area contributed by atoms with Crippen molar-refractivity contribution in [2.45, 2.75) is 40.2 Å². The highest BCUT2D eigenvalue weighted by Gasteiger charge is 2.31.